The number of aromatic amines is 1. The lowest BCUT2D eigenvalue weighted by molar-refractivity contribution is -0.151. The second-order valence-corrected chi connectivity index (χ2v) is 8.96. The van der Waals surface area contributed by atoms with Crippen LogP contribution in [0.5, 0.6) is 0 Å². The number of aromatic nitrogens is 2. The molecule has 1 aromatic heterocycles. The van der Waals surface area contributed by atoms with Gasteiger partial charge in [0, 0.05) is 37.8 Å². The number of hydrogen-bond donors (Lipinski definition) is 2. The van der Waals surface area contributed by atoms with Gasteiger partial charge in [-0.25, -0.2) is 0 Å². The molecular formula is C24H30N4O5. The van der Waals surface area contributed by atoms with E-state index in [0.717, 1.165) is 37.3 Å². The molecule has 4 heterocycles. The van der Waals surface area contributed by atoms with E-state index < -0.39 is 5.41 Å². The standard InChI is InChI=1S/C23H28N4O3.CH2O2/c28-21(18-5-3-17(4-6-18)20-7-10-24-25-20)27-13-8-23(9-14-27)15-19(30-22(23)29)16-26-11-1-2-12-26;2-1-3/h3-7,10,19H,1-2,8-9,11-16H2,(H,24,25);1H,(H,2,3). The van der Waals surface area contributed by atoms with Gasteiger partial charge in [0.2, 0.25) is 0 Å². The van der Waals surface area contributed by atoms with Crippen LogP contribution in [0.4, 0.5) is 0 Å². The molecule has 9 heteroatoms. The zero-order chi connectivity index (χ0) is 23.3. The number of H-pyrrole nitrogens is 1. The summed E-state index contributed by atoms with van der Waals surface area (Å²) in [7, 11) is 0. The molecule has 9 nitrogen and oxygen atoms in total. The van der Waals surface area contributed by atoms with Crippen molar-refractivity contribution in [3.63, 3.8) is 0 Å². The molecule has 1 amide bonds. The molecule has 0 aliphatic carbocycles. The molecule has 3 aliphatic rings. The lowest BCUT2D eigenvalue weighted by Gasteiger charge is -2.36. The Morgan fingerprint density at radius 2 is 1.82 bits per heavy atom. The van der Waals surface area contributed by atoms with E-state index in [9.17, 15) is 9.59 Å². The summed E-state index contributed by atoms with van der Waals surface area (Å²) in [6, 6.07) is 9.49. The van der Waals surface area contributed by atoms with Crippen LogP contribution < -0.4 is 0 Å². The molecule has 176 valence electrons. The summed E-state index contributed by atoms with van der Waals surface area (Å²) in [6.45, 7) is 4.04. The van der Waals surface area contributed by atoms with Crippen molar-refractivity contribution in [1.29, 1.82) is 0 Å². The molecule has 3 saturated heterocycles. The van der Waals surface area contributed by atoms with Gasteiger partial charge in [0.15, 0.2) is 0 Å². The highest BCUT2D eigenvalue weighted by molar-refractivity contribution is 5.95. The Bertz CT molecular complexity index is 946. The van der Waals surface area contributed by atoms with Crippen LogP contribution in [0.2, 0.25) is 0 Å². The zero-order valence-electron chi connectivity index (χ0n) is 18.6. The van der Waals surface area contributed by atoms with Gasteiger partial charge in [0.1, 0.15) is 6.10 Å². The number of likely N-dealkylation sites (tertiary alicyclic amines) is 2. The van der Waals surface area contributed by atoms with Gasteiger partial charge in [-0.2, -0.15) is 5.10 Å². The van der Waals surface area contributed by atoms with E-state index >= 15 is 0 Å². The van der Waals surface area contributed by atoms with Gasteiger partial charge < -0.3 is 14.7 Å². The quantitative estimate of drug-likeness (QED) is 0.538. The van der Waals surface area contributed by atoms with Crippen molar-refractivity contribution < 1.29 is 24.2 Å². The molecule has 5 rings (SSSR count). The topological polar surface area (TPSA) is 116 Å². The summed E-state index contributed by atoms with van der Waals surface area (Å²) in [4.78, 5) is 38.3. The Hall–Kier alpha value is -3.20. The predicted octanol–water partition coefficient (Wildman–Crippen LogP) is 2.41. The average Bonchev–Trinajstić information content (AvgIpc) is 3.59. The van der Waals surface area contributed by atoms with Crippen molar-refractivity contribution in [1.82, 2.24) is 20.0 Å². The smallest absolute Gasteiger partial charge is 0.312 e. The zero-order valence-corrected chi connectivity index (χ0v) is 18.6. The molecule has 3 aliphatic heterocycles. The Balaban J connectivity index is 0.000000821. The first kappa shape index (κ1) is 23.0. The lowest BCUT2D eigenvalue weighted by Crippen LogP contribution is -2.45. The minimum atomic E-state index is -0.397. The fourth-order valence-electron chi connectivity index (χ4n) is 5.13. The van der Waals surface area contributed by atoms with Crippen LogP contribution in [0.25, 0.3) is 11.3 Å². The fraction of sp³-hybridized carbons (Fsp3) is 0.500. The number of carbonyl (C=O) groups is 3. The number of piperidine rings is 1. The van der Waals surface area contributed by atoms with E-state index in [1.54, 1.807) is 6.20 Å². The molecule has 1 spiro atoms. The van der Waals surface area contributed by atoms with Gasteiger partial charge in [-0.15, -0.1) is 0 Å². The lowest BCUT2D eigenvalue weighted by atomic mass is 9.76. The van der Waals surface area contributed by atoms with E-state index in [4.69, 9.17) is 14.6 Å². The Labute approximate surface area is 192 Å². The second-order valence-electron chi connectivity index (χ2n) is 8.96. The van der Waals surface area contributed by atoms with Gasteiger partial charge in [-0.05, 0) is 62.5 Å². The highest BCUT2D eigenvalue weighted by Gasteiger charge is 2.51. The Morgan fingerprint density at radius 1 is 1.15 bits per heavy atom. The highest BCUT2D eigenvalue weighted by Crippen LogP contribution is 2.43. The largest absolute Gasteiger partial charge is 0.483 e. The van der Waals surface area contributed by atoms with Gasteiger partial charge in [0.05, 0.1) is 11.1 Å². The van der Waals surface area contributed by atoms with Crippen LogP contribution in [0, 0.1) is 5.41 Å². The average molecular weight is 455 g/mol. The van der Waals surface area contributed by atoms with Crippen LogP contribution in [-0.2, 0) is 14.3 Å². The molecular weight excluding hydrogens is 424 g/mol. The highest BCUT2D eigenvalue weighted by atomic mass is 16.6. The van der Waals surface area contributed by atoms with Crippen LogP contribution in [0.15, 0.2) is 36.5 Å². The number of carboxylic acid groups (broad SMARTS) is 1. The molecule has 0 saturated carbocycles. The van der Waals surface area contributed by atoms with Crippen molar-refractivity contribution in [3.8, 4) is 11.3 Å². The summed E-state index contributed by atoms with van der Waals surface area (Å²) >= 11 is 0. The number of cyclic esters (lactones) is 1. The third-order valence-corrected chi connectivity index (χ3v) is 6.94. The van der Waals surface area contributed by atoms with Crippen LogP contribution in [0.3, 0.4) is 0 Å². The minimum Gasteiger partial charge on any atom is -0.483 e. The van der Waals surface area contributed by atoms with Crippen molar-refractivity contribution in [2.75, 3.05) is 32.7 Å². The number of hydrogen-bond acceptors (Lipinski definition) is 6. The first-order chi connectivity index (χ1) is 16.0. The van der Waals surface area contributed by atoms with Gasteiger partial charge in [-0.3, -0.25) is 24.4 Å². The maximum absolute atomic E-state index is 13.0. The van der Waals surface area contributed by atoms with Crippen molar-refractivity contribution in [2.45, 2.75) is 38.2 Å². The van der Waals surface area contributed by atoms with E-state index in [1.807, 2.05) is 35.2 Å². The molecule has 1 unspecified atom stereocenters. The van der Waals surface area contributed by atoms with E-state index in [-0.39, 0.29) is 24.5 Å². The van der Waals surface area contributed by atoms with Crippen molar-refractivity contribution in [3.05, 3.63) is 42.1 Å². The van der Waals surface area contributed by atoms with E-state index in [0.29, 0.717) is 31.5 Å². The molecule has 1 aromatic carbocycles. The van der Waals surface area contributed by atoms with Crippen LogP contribution in [0.1, 0.15) is 42.5 Å². The number of ether oxygens (including phenoxy) is 1. The first-order valence-corrected chi connectivity index (χ1v) is 11.4. The number of nitrogens with one attached hydrogen (secondary N) is 1. The van der Waals surface area contributed by atoms with Gasteiger partial charge >= 0.3 is 5.97 Å². The molecule has 0 radical (unpaired) electrons. The maximum Gasteiger partial charge on any atom is 0.312 e. The minimum absolute atomic E-state index is 0.00729. The summed E-state index contributed by atoms with van der Waals surface area (Å²) in [5.74, 6) is -0.0244. The Kier molecular flexibility index (Phi) is 7.08. The van der Waals surface area contributed by atoms with Crippen LogP contribution in [-0.4, -0.2) is 82.3 Å². The van der Waals surface area contributed by atoms with E-state index in [1.165, 1.54) is 12.8 Å². The molecule has 1 atom stereocenters. The molecule has 33 heavy (non-hydrogen) atoms. The number of esters is 1. The SMILES string of the molecule is O=C(c1ccc(-c2ccn[nH]2)cc1)N1CCC2(CC1)CC(CN1CCCC1)OC2=O.O=CO. The Morgan fingerprint density at radius 3 is 2.42 bits per heavy atom. The number of carbonyl (C=O) groups excluding carboxylic acids is 2. The third-order valence-electron chi connectivity index (χ3n) is 6.94. The van der Waals surface area contributed by atoms with E-state index in [2.05, 4.69) is 15.1 Å². The summed E-state index contributed by atoms with van der Waals surface area (Å²) in [6.07, 6.45) is 6.39. The third kappa shape index (κ3) is 5.08. The van der Waals surface area contributed by atoms with Gasteiger partial charge in [-0.1, -0.05) is 12.1 Å². The predicted molar refractivity (Wildman–Crippen MR) is 120 cm³/mol. The number of benzene rings is 1. The molecule has 2 N–H and O–H groups in total. The molecule has 2 aromatic rings. The first-order valence-electron chi connectivity index (χ1n) is 11.4. The summed E-state index contributed by atoms with van der Waals surface area (Å²) < 4.78 is 5.75. The monoisotopic (exact) mass is 454 g/mol. The van der Waals surface area contributed by atoms with Crippen molar-refractivity contribution >= 4 is 18.3 Å². The molecule has 3 fully saturated rings. The normalized spacial score (nSPS) is 22.0. The second kappa shape index (κ2) is 10.2. The molecule has 0 bridgehead atoms. The summed E-state index contributed by atoms with van der Waals surface area (Å²) in [5.41, 5.74) is 2.21. The maximum atomic E-state index is 13.0. The summed E-state index contributed by atoms with van der Waals surface area (Å²) in [5, 5.41) is 13.8. The van der Waals surface area contributed by atoms with Gasteiger partial charge in [0.25, 0.3) is 12.4 Å². The fourth-order valence-corrected chi connectivity index (χ4v) is 5.13. The number of nitrogens with zero attached hydrogens (tertiary/aromatic N) is 3. The van der Waals surface area contributed by atoms with Crippen LogP contribution >= 0.6 is 0 Å². The number of amides is 1. The number of rotatable bonds is 4. The van der Waals surface area contributed by atoms with Crippen molar-refractivity contribution in [2.24, 2.45) is 5.41 Å².